The summed E-state index contributed by atoms with van der Waals surface area (Å²) in [6, 6.07) is 1.86. The summed E-state index contributed by atoms with van der Waals surface area (Å²) >= 11 is 0. The number of benzene rings is 1. The second-order valence-corrected chi connectivity index (χ2v) is 4.60. The lowest BCUT2D eigenvalue weighted by Crippen LogP contribution is -2.35. The fourth-order valence-corrected chi connectivity index (χ4v) is 2.21. The van der Waals surface area contributed by atoms with Gasteiger partial charge >= 0.3 is 6.18 Å². The first-order valence-electron chi connectivity index (χ1n) is 6.21. The van der Waals surface area contributed by atoms with Crippen LogP contribution in [-0.4, -0.2) is 38.3 Å². The van der Waals surface area contributed by atoms with Crippen LogP contribution in [0.3, 0.4) is 0 Å². The van der Waals surface area contributed by atoms with Gasteiger partial charge in [-0.2, -0.15) is 13.2 Å². The van der Waals surface area contributed by atoms with Gasteiger partial charge in [0.15, 0.2) is 0 Å². The molecule has 1 aromatic rings. The summed E-state index contributed by atoms with van der Waals surface area (Å²) in [5.41, 5.74) is 7.01. The van der Waals surface area contributed by atoms with E-state index < -0.39 is 11.7 Å². The molecule has 0 unspecified atom stereocenters. The molecule has 112 valence electrons. The van der Waals surface area contributed by atoms with Crippen LogP contribution in [0.4, 0.5) is 18.9 Å². The number of hydrogen-bond donors (Lipinski definition) is 0. The van der Waals surface area contributed by atoms with Gasteiger partial charge in [0, 0.05) is 25.2 Å². The molecule has 2 rings (SSSR count). The van der Waals surface area contributed by atoms with Crippen LogP contribution in [0, 0.1) is 0 Å². The highest BCUT2D eigenvalue weighted by Crippen LogP contribution is 2.39. The maximum Gasteiger partial charge on any atom is 0.416 e. The molecule has 4 nitrogen and oxygen atoms in total. The van der Waals surface area contributed by atoms with Crippen LogP contribution in [-0.2, 0) is 17.5 Å². The number of rotatable bonds is 3. The van der Waals surface area contributed by atoms with Crippen molar-refractivity contribution in [2.75, 3.05) is 33.4 Å². The first-order valence-corrected chi connectivity index (χ1v) is 6.21. The molecular formula is C13H16F3N2O2-. The number of nitrogens with one attached hydrogen (secondary N) is 1. The van der Waals surface area contributed by atoms with Gasteiger partial charge in [-0.05, 0) is 6.07 Å². The molecule has 0 spiro atoms. The fourth-order valence-electron chi connectivity index (χ4n) is 2.21. The van der Waals surface area contributed by atoms with Crippen LogP contribution in [0.1, 0.15) is 11.1 Å². The second kappa shape index (κ2) is 5.88. The van der Waals surface area contributed by atoms with Crippen LogP contribution in [0.15, 0.2) is 12.1 Å². The van der Waals surface area contributed by atoms with Gasteiger partial charge in [-0.15, -0.1) is 0 Å². The van der Waals surface area contributed by atoms with Crippen molar-refractivity contribution in [2.24, 2.45) is 0 Å². The standard InChI is InChI=1S/C13H16F3N2O2/c1-19-12-9(8-18-2-4-20-5-3-18)6-10(7-11(12)17)13(14,15)16/h6-7,17H,2-5,8H2,1H3/q-1. The molecule has 1 aliphatic rings. The monoisotopic (exact) mass is 289 g/mol. The SMILES string of the molecule is COc1c([NH-])cc(C(F)(F)F)cc1CN1CCOCC1. The van der Waals surface area contributed by atoms with Gasteiger partial charge in [0.25, 0.3) is 0 Å². The Labute approximate surface area is 115 Å². The number of morpholine rings is 1. The summed E-state index contributed by atoms with van der Waals surface area (Å²) in [6.07, 6.45) is -4.46. The number of hydrogen-bond acceptors (Lipinski definition) is 3. The van der Waals surface area contributed by atoms with E-state index in [4.69, 9.17) is 15.2 Å². The normalized spacial score (nSPS) is 17.2. The van der Waals surface area contributed by atoms with E-state index in [2.05, 4.69) is 0 Å². The average molecular weight is 289 g/mol. The smallest absolute Gasteiger partial charge is 0.416 e. The van der Waals surface area contributed by atoms with Gasteiger partial charge in [0.2, 0.25) is 0 Å². The van der Waals surface area contributed by atoms with Gasteiger partial charge in [0.05, 0.1) is 25.9 Å². The van der Waals surface area contributed by atoms with Crippen molar-refractivity contribution >= 4 is 5.69 Å². The van der Waals surface area contributed by atoms with E-state index >= 15 is 0 Å². The van der Waals surface area contributed by atoms with Gasteiger partial charge < -0.3 is 15.2 Å². The number of halogens is 3. The number of ether oxygens (including phenoxy) is 2. The third-order valence-corrected chi connectivity index (χ3v) is 3.19. The molecule has 0 amide bonds. The van der Waals surface area contributed by atoms with E-state index in [0.29, 0.717) is 38.4 Å². The molecule has 0 atom stereocenters. The molecule has 1 heterocycles. The highest BCUT2D eigenvalue weighted by molar-refractivity contribution is 5.62. The molecular weight excluding hydrogens is 273 g/mol. The Bertz CT molecular complexity index is 471. The molecule has 1 N–H and O–H groups in total. The summed E-state index contributed by atoms with van der Waals surface area (Å²) in [5, 5.41) is 0. The van der Waals surface area contributed by atoms with Crippen LogP contribution in [0.25, 0.3) is 5.73 Å². The Morgan fingerprint density at radius 1 is 1.30 bits per heavy atom. The number of nitrogens with zero attached hydrogens (tertiary/aromatic N) is 1. The van der Waals surface area contributed by atoms with Crippen molar-refractivity contribution in [2.45, 2.75) is 12.7 Å². The Balaban J connectivity index is 2.30. The maximum atomic E-state index is 12.8. The third-order valence-electron chi connectivity index (χ3n) is 3.19. The van der Waals surface area contributed by atoms with Crippen molar-refractivity contribution in [1.29, 1.82) is 0 Å². The Hall–Kier alpha value is -1.47. The lowest BCUT2D eigenvalue weighted by molar-refractivity contribution is -0.137. The van der Waals surface area contributed by atoms with Gasteiger partial charge in [-0.25, -0.2) is 0 Å². The van der Waals surface area contributed by atoms with Crippen molar-refractivity contribution in [1.82, 2.24) is 4.90 Å². The molecule has 1 fully saturated rings. The Morgan fingerprint density at radius 2 is 1.95 bits per heavy atom. The van der Waals surface area contributed by atoms with Crippen LogP contribution >= 0.6 is 0 Å². The predicted molar refractivity (Wildman–Crippen MR) is 68.1 cm³/mol. The zero-order valence-electron chi connectivity index (χ0n) is 11.1. The zero-order chi connectivity index (χ0) is 14.8. The zero-order valence-corrected chi connectivity index (χ0v) is 11.1. The van der Waals surface area contributed by atoms with E-state index in [-0.39, 0.29) is 11.4 Å². The molecule has 0 bridgehead atoms. The maximum absolute atomic E-state index is 12.8. The summed E-state index contributed by atoms with van der Waals surface area (Å²) in [4.78, 5) is 1.99. The van der Waals surface area contributed by atoms with Crippen LogP contribution in [0.2, 0.25) is 0 Å². The summed E-state index contributed by atoms with van der Waals surface area (Å²) < 4.78 is 48.7. The molecule has 0 aliphatic carbocycles. The Kier molecular flexibility index (Phi) is 4.39. The number of alkyl halides is 3. The topological polar surface area (TPSA) is 45.5 Å². The average Bonchev–Trinajstić information content (AvgIpc) is 2.38. The minimum atomic E-state index is -4.46. The first kappa shape index (κ1) is 14.9. The van der Waals surface area contributed by atoms with Crippen molar-refractivity contribution in [3.63, 3.8) is 0 Å². The van der Waals surface area contributed by atoms with E-state index in [9.17, 15) is 13.2 Å². The summed E-state index contributed by atoms with van der Waals surface area (Å²) in [7, 11) is 1.36. The van der Waals surface area contributed by atoms with Crippen LogP contribution in [0.5, 0.6) is 5.75 Å². The predicted octanol–water partition coefficient (Wildman–Crippen LogP) is 3.23. The second-order valence-electron chi connectivity index (χ2n) is 4.60. The van der Waals surface area contributed by atoms with Crippen LogP contribution < -0.4 is 4.74 Å². The molecule has 0 saturated carbocycles. The van der Waals surface area contributed by atoms with Crippen molar-refractivity contribution < 1.29 is 22.6 Å². The van der Waals surface area contributed by atoms with E-state index in [1.54, 1.807) is 0 Å². The lowest BCUT2D eigenvalue weighted by atomic mass is 10.1. The summed E-state index contributed by atoms with van der Waals surface area (Å²) in [5.74, 6) is 0.199. The lowest BCUT2D eigenvalue weighted by Gasteiger charge is -2.28. The molecule has 0 aromatic heterocycles. The summed E-state index contributed by atoms with van der Waals surface area (Å²) in [6.45, 7) is 2.77. The minimum absolute atomic E-state index is 0.199. The van der Waals surface area contributed by atoms with Crippen molar-refractivity contribution in [3.8, 4) is 5.75 Å². The Morgan fingerprint density at radius 3 is 2.50 bits per heavy atom. The molecule has 0 radical (unpaired) electrons. The van der Waals surface area contributed by atoms with E-state index in [0.717, 1.165) is 12.1 Å². The number of methoxy groups -OCH3 is 1. The van der Waals surface area contributed by atoms with Gasteiger partial charge in [-0.1, -0.05) is 11.8 Å². The fraction of sp³-hybridized carbons (Fsp3) is 0.538. The van der Waals surface area contributed by atoms with Crippen molar-refractivity contribution in [3.05, 3.63) is 29.0 Å². The van der Waals surface area contributed by atoms with Gasteiger partial charge in [0.1, 0.15) is 5.75 Å². The quantitative estimate of drug-likeness (QED) is 0.858. The highest BCUT2D eigenvalue weighted by Gasteiger charge is 2.31. The highest BCUT2D eigenvalue weighted by atomic mass is 19.4. The minimum Gasteiger partial charge on any atom is -0.696 e. The molecule has 1 aliphatic heterocycles. The molecule has 20 heavy (non-hydrogen) atoms. The van der Waals surface area contributed by atoms with E-state index in [1.807, 2.05) is 4.90 Å². The van der Waals surface area contributed by atoms with E-state index in [1.165, 1.54) is 7.11 Å². The molecule has 7 heteroatoms. The van der Waals surface area contributed by atoms with Gasteiger partial charge in [-0.3, -0.25) is 4.90 Å². The first-order chi connectivity index (χ1) is 9.41. The largest absolute Gasteiger partial charge is 0.696 e. The third kappa shape index (κ3) is 3.34. The molecule has 1 aromatic carbocycles. The molecule has 1 saturated heterocycles.